The van der Waals surface area contributed by atoms with Crippen LogP contribution in [0.2, 0.25) is 0 Å². The summed E-state index contributed by atoms with van der Waals surface area (Å²) in [6.07, 6.45) is 0. The number of carbonyl (C=O) groups is 2. The SMILES string of the molecule is Cc1ccc(NC(=O)CN(C)C(=O)c2ccccc2OCCOc2ccccc2)cc1. The second-order valence-corrected chi connectivity index (χ2v) is 7.08. The van der Waals surface area contributed by atoms with Gasteiger partial charge in [-0.2, -0.15) is 0 Å². The van der Waals surface area contributed by atoms with Crippen LogP contribution in [0.25, 0.3) is 0 Å². The van der Waals surface area contributed by atoms with Crippen LogP contribution >= 0.6 is 0 Å². The number of amides is 2. The standard InChI is InChI=1S/C25H26N2O4/c1-19-12-14-20(15-13-19)26-24(28)18-27(2)25(29)22-10-6-7-11-23(22)31-17-16-30-21-8-4-3-5-9-21/h3-15H,16-18H2,1-2H3,(H,26,28). The molecule has 0 atom stereocenters. The first-order valence-electron chi connectivity index (χ1n) is 10.0. The van der Waals surface area contributed by atoms with E-state index in [0.717, 1.165) is 11.3 Å². The smallest absolute Gasteiger partial charge is 0.257 e. The number of anilines is 1. The van der Waals surface area contributed by atoms with E-state index < -0.39 is 0 Å². The third-order valence-corrected chi connectivity index (χ3v) is 4.53. The quantitative estimate of drug-likeness (QED) is 0.530. The van der Waals surface area contributed by atoms with Crippen LogP contribution in [0.4, 0.5) is 5.69 Å². The Hall–Kier alpha value is -3.80. The highest BCUT2D eigenvalue weighted by atomic mass is 16.5. The van der Waals surface area contributed by atoms with Crippen molar-refractivity contribution in [1.29, 1.82) is 0 Å². The lowest BCUT2D eigenvalue weighted by atomic mass is 10.1. The highest BCUT2D eigenvalue weighted by Gasteiger charge is 2.19. The van der Waals surface area contributed by atoms with Crippen molar-refractivity contribution in [3.63, 3.8) is 0 Å². The molecule has 0 fully saturated rings. The number of para-hydroxylation sites is 2. The lowest BCUT2D eigenvalue weighted by molar-refractivity contribution is -0.116. The number of rotatable bonds is 9. The van der Waals surface area contributed by atoms with Gasteiger partial charge in [0.25, 0.3) is 5.91 Å². The molecule has 0 aliphatic heterocycles. The van der Waals surface area contributed by atoms with E-state index in [1.165, 1.54) is 4.90 Å². The first-order valence-corrected chi connectivity index (χ1v) is 10.0. The topological polar surface area (TPSA) is 67.9 Å². The Labute approximate surface area is 182 Å². The van der Waals surface area contributed by atoms with Gasteiger partial charge in [0.05, 0.1) is 12.1 Å². The first-order chi connectivity index (χ1) is 15.0. The summed E-state index contributed by atoms with van der Waals surface area (Å²) in [5, 5.41) is 2.80. The fraction of sp³-hybridized carbons (Fsp3) is 0.200. The van der Waals surface area contributed by atoms with Gasteiger partial charge in [-0.15, -0.1) is 0 Å². The molecule has 6 heteroatoms. The summed E-state index contributed by atoms with van der Waals surface area (Å²) in [7, 11) is 1.59. The molecule has 0 saturated carbocycles. The van der Waals surface area contributed by atoms with E-state index in [1.54, 1.807) is 31.3 Å². The maximum atomic E-state index is 12.9. The largest absolute Gasteiger partial charge is 0.490 e. The van der Waals surface area contributed by atoms with E-state index in [-0.39, 0.29) is 25.0 Å². The number of likely N-dealkylation sites (N-methyl/N-ethyl adjacent to an activating group) is 1. The van der Waals surface area contributed by atoms with Gasteiger partial charge >= 0.3 is 0 Å². The summed E-state index contributed by atoms with van der Waals surface area (Å²) in [5.74, 6) is 0.651. The van der Waals surface area contributed by atoms with Crippen molar-refractivity contribution < 1.29 is 19.1 Å². The van der Waals surface area contributed by atoms with Gasteiger partial charge in [-0.25, -0.2) is 0 Å². The Morgan fingerprint density at radius 1 is 0.839 bits per heavy atom. The molecule has 0 bridgehead atoms. The van der Waals surface area contributed by atoms with Gasteiger partial charge < -0.3 is 19.7 Å². The Kier molecular flexibility index (Phi) is 7.65. The molecular weight excluding hydrogens is 392 g/mol. The van der Waals surface area contributed by atoms with Gasteiger partial charge in [0.15, 0.2) is 0 Å². The van der Waals surface area contributed by atoms with Crippen molar-refractivity contribution in [3.8, 4) is 11.5 Å². The summed E-state index contributed by atoms with van der Waals surface area (Å²) in [4.78, 5) is 26.6. The summed E-state index contributed by atoms with van der Waals surface area (Å²) >= 11 is 0. The number of ether oxygens (including phenoxy) is 2. The first kappa shape index (κ1) is 21.9. The molecule has 160 valence electrons. The van der Waals surface area contributed by atoms with Gasteiger partial charge in [0, 0.05) is 12.7 Å². The van der Waals surface area contributed by atoms with E-state index in [2.05, 4.69) is 5.32 Å². The van der Waals surface area contributed by atoms with Crippen LogP contribution in [-0.2, 0) is 4.79 Å². The zero-order valence-electron chi connectivity index (χ0n) is 17.7. The molecule has 0 aromatic heterocycles. The minimum Gasteiger partial charge on any atom is -0.490 e. The second kappa shape index (κ2) is 10.8. The van der Waals surface area contributed by atoms with Crippen LogP contribution in [0.5, 0.6) is 11.5 Å². The molecule has 0 unspecified atom stereocenters. The van der Waals surface area contributed by atoms with E-state index in [9.17, 15) is 9.59 Å². The van der Waals surface area contributed by atoms with Crippen molar-refractivity contribution in [3.05, 3.63) is 90.0 Å². The Balaban J connectivity index is 1.54. The molecule has 0 spiro atoms. The van der Waals surface area contributed by atoms with Gasteiger partial charge in [-0.3, -0.25) is 9.59 Å². The number of nitrogens with one attached hydrogen (secondary N) is 1. The third-order valence-electron chi connectivity index (χ3n) is 4.53. The molecule has 3 aromatic rings. The number of benzene rings is 3. The molecule has 1 N–H and O–H groups in total. The van der Waals surface area contributed by atoms with Crippen LogP contribution in [0.1, 0.15) is 15.9 Å². The highest BCUT2D eigenvalue weighted by molar-refractivity contribution is 6.00. The molecule has 0 aliphatic rings. The summed E-state index contributed by atoms with van der Waals surface area (Å²) < 4.78 is 11.4. The number of nitrogens with zero attached hydrogens (tertiary/aromatic N) is 1. The van der Waals surface area contributed by atoms with Crippen LogP contribution in [-0.4, -0.2) is 43.5 Å². The molecule has 0 radical (unpaired) electrons. The molecule has 2 amide bonds. The number of aryl methyl sites for hydroxylation is 1. The summed E-state index contributed by atoms with van der Waals surface area (Å²) in [6, 6.07) is 23.9. The molecule has 31 heavy (non-hydrogen) atoms. The minimum absolute atomic E-state index is 0.0713. The Morgan fingerprint density at radius 3 is 2.23 bits per heavy atom. The van der Waals surface area contributed by atoms with Crippen LogP contribution < -0.4 is 14.8 Å². The predicted octanol–water partition coefficient (Wildman–Crippen LogP) is 4.16. The average Bonchev–Trinajstić information content (AvgIpc) is 2.78. The molecule has 0 saturated heterocycles. The van der Waals surface area contributed by atoms with Gasteiger partial charge in [-0.05, 0) is 43.3 Å². The Morgan fingerprint density at radius 2 is 1.48 bits per heavy atom. The van der Waals surface area contributed by atoms with Gasteiger partial charge in [0.2, 0.25) is 5.91 Å². The van der Waals surface area contributed by atoms with Crippen LogP contribution in [0.3, 0.4) is 0 Å². The van der Waals surface area contributed by atoms with E-state index in [1.807, 2.05) is 61.5 Å². The fourth-order valence-electron chi connectivity index (χ4n) is 2.93. The zero-order chi connectivity index (χ0) is 22.1. The minimum atomic E-state index is -0.293. The van der Waals surface area contributed by atoms with Crippen molar-refractivity contribution in [2.24, 2.45) is 0 Å². The second-order valence-electron chi connectivity index (χ2n) is 7.08. The van der Waals surface area contributed by atoms with E-state index >= 15 is 0 Å². The van der Waals surface area contributed by atoms with E-state index in [0.29, 0.717) is 23.6 Å². The molecule has 0 aliphatic carbocycles. The van der Waals surface area contributed by atoms with Gasteiger partial charge in [0.1, 0.15) is 24.7 Å². The fourth-order valence-corrected chi connectivity index (χ4v) is 2.93. The van der Waals surface area contributed by atoms with Crippen LogP contribution in [0, 0.1) is 6.92 Å². The summed E-state index contributed by atoms with van der Waals surface area (Å²) in [5.41, 5.74) is 2.20. The molecule has 3 rings (SSSR count). The maximum absolute atomic E-state index is 12.9. The maximum Gasteiger partial charge on any atom is 0.257 e. The van der Waals surface area contributed by atoms with Crippen molar-refractivity contribution in [2.75, 3.05) is 32.1 Å². The van der Waals surface area contributed by atoms with E-state index in [4.69, 9.17) is 9.47 Å². The third kappa shape index (κ3) is 6.60. The lowest BCUT2D eigenvalue weighted by Crippen LogP contribution is -2.35. The Bertz CT molecular complexity index is 1000. The average molecular weight is 418 g/mol. The van der Waals surface area contributed by atoms with Gasteiger partial charge in [-0.1, -0.05) is 48.0 Å². The van der Waals surface area contributed by atoms with Crippen LogP contribution in [0.15, 0.2) is 78.9 Å². The normalized spacial score (nSPS) is 10.3. The molecule has 0 heterocycles. The zero-order valence-corrected chi connectivity index (χ0v) is 17.7. The number of hydrogen-bond acceptors (Lipinski definition) is 4. The molecule has 3 aromatic carbocycles. The monoisotopic (exact) mass is 418 g/mol. The van der Waals surface area contributed by atoms with Crippen molar-refractivity contribution in [1.82, 2.24) is 4.90 Å². The molecular formula is C25H26N2O4. The lowest BCUT2D eigenvalue weighted by Gasteiger charge is -2.19. The highest BCUT2D eigenvalue weighted by Crippen LogP contribution is 2.20. The predicted molar refractivity (Wildman–Crippen MR) is 121 cm³/mol. The number of hydrogen-bond donors (Lipinski definition) is 1. The number of carbonyl (C=O) groups excluding carboxylic acids is 2. The summed E-state index contributed by atoms with van der Waals surface area (Å²) in [6.45, 7) is 2.54. The molecule has 6 nitrogen and oxygen atoms in total. The van der Waals surface area contributed by atoms with Crippen molar-refractivity contribution >= 4 is 17.5 Å². The van der Waals surface area contributed by atoms with Crippen molar-refractivity contribution in [2.45, 2.75) is 6.92 Å².